The third-order valence-corrected chi connectivity index (χ3v) is 7.67. The molecular formula is C19H17N5O2S2. The fourth-order valence-electron chi connectivity index (χ4n) is 3.64. The molecular weight excluding hydrogens is 394 g/mol. The predicted octanol–water partition coefficient (Wildman–Crippen LogP) is 3.19. The van der Waals surface area contributed by atoms with Crippen molar-refractivity contribution in [3.05, 3.63) is 60.4 Å². The summed E-state index contributed by atoms with van der Waals surface area (Å²) in [6, 6.07) is 11.0. The minimum absolute atomic E-state index is 0.0246. The summed E-state index contributed by atoms with van der Waals surface area (Å²) in [6.45, 7) is 0.843. The van der Waals surface area contributed by atoms with Crippen molar-refractivity contribution in [2.75, 3.05) is 13.1 Å². The van der Waals surface area contributed by atoms with Crippen LogP contribution in [0.5, 0.6) is 0 Å². The maximum absolute atomic E-state index is 13.0. The van der Waals surface area contributed by atoms with Gasteiger partial charge in [-0.3, -0.25) is 4.98 Å². The molecule has 1 aliphatic heterocycles. The highest BCUT2D eigenvalue weighted by molar-refractivity contribution is 7.89. The van der Waals surface area contributed by atoms with E-state index in [0.717, 1.165) is 21.9 Å². The highest BCUT2D eigenvalue weighted by atomic mass is 32.2. The van der Waals surface area contributed by atoms with Crippen LogP contribution in [0.4, 0.5) is 0 Å². The van der Waals surface area contributed by atoms with Crippen LogP contribution in [0.15, 0.2) is 65.3 Å². The van der Waals surface area contributed by atoms with E-state index < -0.39 is 10.0 Å². The Hall–Kier alpha value is -2.62. The first-order valence-corrected chi connectivity index (χ1v) is 11.2. The van der Waals surface area contributed by atoms with E-state index in [1.807, 2.05) is 29.6 Å². The van der Waals surface area contributed by atoms with E-state index >= 15 is 0 Å². The lowest BCUT2D eigenvalue weighted by Crippen LogP contribution is -2.29. The highest BCUT2D eigenvalue weighted by Gasteiger charge is 2.35. The van der Waals surface area contributed by atoms with Gasteiger partial charge < -0.3 is 4.57 Å². The Morgan fingerprint density at radius 3 is 2.79 bits per heavy atom. The van der Waals surface area contributed by atoms with Crippen LogP contribution in [0.2, 0.25) is 0 Å². The summed E-state index contributed by atoms with van der Waals surface area (Å²) in [5.41, 5.74) is 1.61. The van der Waals surface area contributed by atoms with Crippen molar-refractivity contribution < 1.29 is 8.42 Å². The van der Waals surface area contributed by atoms with Gasteiger partial charge in [-0.25, -0.2) is 18.4 Å². The molecule has 5 heterocycles. The Kier molecular flexibility index (Phi) is 4.22. The summed E-state index contributed by atoms with van der Waals surface area (Å²) < 4.78 is 29.6. The third kappa shape index (κ3) is 2.83. The molecule has 0 aliphatic carbocycles. The van der Waals surface area contributed by atoms with Gasteiger partial charge in [0.25, 0.3) is 0 Å². The standard InChI is InChI=1S/C19H17N5O2S2/c25-28(26,15-4-1-8-20-12-15)23-10-7-14(13-23)24-18-16(5-2-9-21-18)22-19(24)17-6-3-11-27-17/h1-6,8-9,11-12,14H,7,10,13H2/t14-/m0/s1. The molecule has 7 nitrogen and oxygen atoms in total. The maximum Gasteiger partial charge on any atom is 0.244 e. The van der Waals surface area contributed by atoms with Gasteiger partial charge in [0.2, 0.25) is 10.0 Å². The quantitative estimate of drug-likeness (QED) is 0.515. The number of sulfonamides is 1. The summed E-state index contributed by atoms with van der Waals surface area (Å²) in [4.78, 5) is 14.5. The van der Waals surface area contributed by atoms with Crippen molar-refractivity contribution >= 4 is 32.5 Å². The van der Waals surface area contributed by atoms with E-state index in [1.165, 1.54) is 10.5 Å². The molecule has 0 radical (unpaired) electrons. The second kappa shape index (κ2) is 6.77. The summed E-state index contributed by atoms with van der Waals surface area (Å²) in [5, 5.41) is 2.01. The molecule has 5 rings (SSSR count). The van der Waals surface area contributed by atoms with Gasteiger partial charge in [-0.15, -0.1) is 11.3 Å². The van der Waals surface area contributed by atoms with E-state index in [1.54, 1.807) is 35.9 Å². The van der Waals surface area contributed by atoms with E-state index in [2.05, 4.69) is 14.5 Å². The Bertz CT molecular complexity index is 1220. The number of hydrogen-bond acceptors (Lipinski definition) is 6. The monoisotopic (exact) mass is 411 g/mol. The van der Waals surface area contributed by atoms with Crippen molar-refractivity contribution in [2.24, 2.45) is 0 Å². The minimum atomic E-state index is -3.56. The minimum Gasteiger partial charge on any atom is -0.304 e. The lowest BCUT2D eigenvalue weighted by molar-refractivity contribution is 0.455. The van der Waals surface area contributed by atoms with Gasteiger partial charge in [0.15, 0.2) is 11.5 Å². The van der Waals surface area contributed by atoms with E-state index in [0.29, 0.717) is 19.5 Å². The zero-order valence-corrected chi connectivity index (χ0v) is 16.5. The highest BCUT2D eigenvalue weighted by Crippen LogP contribution is 2.35. The molecule has 0 spiro atoms. The Morgan fingerprint density at radius 1 is 1.11 bits per heavy atom. The van der Waals surface area contributed by atoms with Gasteiger partial charge >= 0.3 is 0 Å². The van der Waals surface area contributed by atoms with Gasteiger partial charge in [-0.2, -0.15) is 4.31 Å². The first-order valence-electron chi connectivity index (χ1n) is 8.91. The van der Waals surface area contributed by atoms with Crippen LogP contribution in [0.1, 0.15) is 12.5 Å². The van der Waals surface area contributed by atoms with E-state index in [4.69, 9.17) is 4.98 Å². The maximum atomic E-state index is 13.0. The van der Waals surface area contributed by atoms with Crippen molar-refractivity contribution in [1.29, 1.82) is 0 Å². The number of thiophene rings is 1. The molecule has 0 bridgehead atoms. The van der Waals surface area contributed by atoms with Gasteiger partial charge in [0, 0.05) is 31.7 Å². The molecule has 28 heavy (non-hydrogen) atoms. The largest absolute Gasteiger partial charge is 0.304 e. The molecule has 1 aliphatic rings. The average molecular weight is 412 g/mol. The van der Waals surface area contributed by atoms with Crippen LogP contribution < -0.4 is 0 Å². The summed E-state index contributed by atoms with van der Waals surface area (Å²) in [6.07, 6.45) is 5.42. The number of hydrogen-bond donors (Lipinski definition) is 0. The Labute approximate surface area is 166 Å². The SMILES string of the molecule is O=S(=O)(c1cccnc1)N1CC[C@H](n2c(-c3cccs3)nc3cccnc32)C1. The number of nitrogens with zero attached hydrogens (tertiary/aromatic N) is 5. The molecule has 4 aromatic rings. The van der Waals surface area contributed by atoms with Crippen molar-refractivity contribution in [3.8, 4) is 10.7 Å². The lowest BCUT2D eigenvalue weighted by Gasteiger charge is -2.18. The molecule has 0 aromatic carbocycles. The fourth-order valence-corrected chi connectivity index (χ4v) is 5.81. The molecule has 0 unspecified atom stereocenters. The molecule has 4 aromatic heterocycles. The molecule has 142 valence electrons. The van der Waals surface area contributed by atoms with Crippen LogP contribution in [-0.4, -0.2) is 45.3 Å². The number of imidazole rings is 1. The predicted molar refractivity (Wildman–Crippen MR) is 107 cm³/mol. The van der Waals surface area contributed by atoms with Crippen molar-refractivity contribution in [1.82, 2.24) is 23.8 Å². The van der Waals surface area contributed by atoms with Gasteiger partial charge in [0.05, 0.1) is 10.9 Å². The van der Waals surface area contributed by atoms with Crippen LogP contribution in [0.3, 0.4) is 0 Å². The smallest absolute Gasteiger partial charge is 0.244 e. The van der Waals surface area contributed by atoms with Crippen LogP contribution in [0.25, 0.3) is 21.9 Å². The first-order chi connectivity index (χ1) is 13.6. The van der Waals surface area contributed by atoms with Gasteiger partial charge in [-0.1, -0.05) is 6.07 Å². The number of rotatable bonds is 4. The summed E-state index contributed by atoms with van der Waals surface area (Å²) in [7, 11) is -3.56. The average Bonchev–Trinajstić information content (AvgIpc) is 3.46. The zero-order valence-electron chi connectivity index (χ0n) is 14.8. The normalized spacial score (nSPS) is 18.1. The second-order valence-electron chi connectivity index (χ2n) is 6.62. The molecule has 0 saturated carbocycles. The second-order valence-corrected chi connectivity index (χ2v) is 9.51. The number of fused-ring (bicyclic) bond motifs is 1. The first kappa shape index (κ1) is 17.5. The van der Waals surface area contributed by atoms with Gasteiger partial charge in [0.1, 0.15) is 10.4 Å². The van der Waals surface area contributed by atoms with Crippen molar-refractivity contribution in [2.45, 2.75) is 17.4 Å². The topological polar surface area (TPSA) is 81.0 Å². The summed E-state index contributed by atoms with van der Waals surface area (Å²) in [5.74, 6) is 0.842. The molecule has 1 fully saturated rings. The zero-order chi connectivity index (χ0) is 19.1. The van der Waals surface area contributed by atoms with Crippen LogP contribution >= 0.6 is 11.3 Å². The van der Waals surface area contributed by atoms with Crippen LogP contribution in [0, 0.1) is 0 Å². The Balaban J connectivity index is 1.55. The molecule has 0 N–H and O–H groups in total. The van der Waals surface area contributed by atoms with E-state index in [-0.39, 0.29) is 10.9 Å². The fraction of sp³-hybridized carbons (Fsp3) is 0.211. The number of aromatic nitrogens is 4. The molecule has 9 heteroatoms. The van der Waals surface area contributed by atoms with Gasteiger partial charge in [-0.05, 0) is 42.1 Å². The number of pyridine rings is 2. The Morgan fingerprint density at radius 2 is 2.00 bits per heavy atom. The lowest BCUT2D eigenvalue weighted by atomic mass is 10.2. The summed E-state index contributed by atoms with van der Waals surface area (Å²) >= 11 is 1.62. The molecule has 0 amide bonds. The third-order valence-electron chi connectivity index (χ3n) is 4.95. The molecule has 1 saturated heterocycles. The molecule has 1 atom stereocenters. The van der Waals surface area contributed by atoms with Crippen molar-refractivity contribution in [3.63, 3.8) is 0 Å². The van der Waals surface area contributed by atoms with E-state index in [9.17, 15) is 8.42 Å². The van der Waals surface area contributed by atoms with Crippen LogP contribution in [-0.2, 0) is 10.0 Å².